The average molecular weight is 149 g/mol. The van der Waals surface area contributed by atoms with Crippen molar-refractivity contribution in [1.82, 2.24) is 4.90 Å². The van der Waals surface area contributed by atoms with Crippen LogP contribution in [0, 0.1) is 0 Å². The van der Waals surface area contributed by atoms with Crippen LogP contribution in [0.1, 0.15) is 32.6 Å². The quantitative estimate of drug-likeness (QED) is 0.472. The Kier molecular flexibility index (Phi) is 1.57. The van der Waals surface area contributed by atoms with Crippen molar-refractivity contribution >= 4 is 7.85 Å². The maximum Gasteiger partial charge on any atom is 0.0744 e. The highest BCUT2D eigenvalue weighted by atomic mass is 15.2. The van der Waals surface area contributed by atoms with Gasteiger partial charge in [-0.2, -0.15) is 0 Å². The van der Waals surface area contributed by atoms with Gasteiger partial charge in [-0.05, 0) is 32.7 Å². The number of fused-ring (bicyclic) bond motifs is 2. The summed E-state index contributed by atoms with van der Waals surface area (Å²) in [5.41, 5.74) is 0. The highest BCUT2D eigenvalue weighted by Gasteiger charge is 2.41. The number of hydrogen-bond donors (Lipinski definition) is 0. The molecule has 0 saturated carbocycles. The van der Waals surface area contributed by atoms with Gasteiger partial charge in [-0.25, -0.2) is 0 Å². The Labute approximate surface area is 70.6 Å². The van der Waals surface area contributed by atoms with Crippen molar-refractivity contribution in [1.29, 1.82) is 0 Å². The number of rotatable bonds is 0. The van der Waals surface area contributed by atoms with Gasteiger partial charge in [0.25, 0.3) is 0 Å². The van der Waals surface area contributed by atoms with Crippen LogP contribution in [0.4, 0.5) is 0 Å². The first-order valence-electron chi connectivity index (χ1n) is 4.59. The van der Waals surface area contributed by atoms with Crippen molar-refractivity contribution in [2.75, 3.05) is 7.05 Å². The Morgan fingerprint density at radius 3 is 2.18 bits per heavy atom. The van der Waals surface area contributed by atoms with Crippen LogP contribution in [-0.2, 0) is 0 Å². The molecule has 2 bridgehead atoms. The molecule has 0 amide bonds. The molecule has 2 aliphatic heterocycles. The largest absolute Gasteiger partial charge is 0.300 e. The van der Waals surface area contributed by atoms with E-state index >= 15 is 0 Å². The van der Waals surface area contributed by atoms with E-state index in [9.17, 15) is 0 Å². The maximum atomic E-state index is 6.13. The van der Waals surface area contributed by atoms with Crippen LogP contribution in [0.5, 0.6) is 0 Å². The maximum absolute atomic E-state index is 6.13. The zero-order valence-corrected chi connectivity index (χ0v) is 7.51. The van der Waals surface area contributed by atoms with Crippen LogP contribution in [0.3, 0.4) is 0 Å². The van der Waals surface area contributed by atoms with E-state index in [2.05, 4.69) is 18.9 Å². The summed E-state index contributed by atoms with van der Waals surface area (Å²) in [7, 11) is 8.38. The molecular weight excluding hydrogens is 133 g/mol. The Balaban J connectivity index is 2.14. The van der Waals surface area contributed by atoms with Gasteiger partial charge < -0.3 is 4.90 Å². The lowest BCUT2D eigenvalue weighted by Crippen LogP contribution is -2.41. The van der Waals surface area contributed by atoms with Crippen molar-refractivity contribution in [3.05, 3.63) is 0 Å². The molecule has 2 unspecified atom stereocenters. The first-order chi connectivity index (χ1) is 5.08. The number of nitrogens with zero attached hydrogens (tertiary/aromatic N) is 1. The second-order valence-corrected chi connectivity index (χ2v) is 4.61. The molecule has 2 fully saturated rings. The SMILES string of the molecule is [B]C1(C)CC2CCC(C1)N2C. The Morgan fingerprint density at radius 2 is 1.73 bits per heavy atom. The highest BCUT2D eigenvalue weighted by molar-refractivity contribution is 6.15. The van der Waals surface area contributed by atoms with E-state index in [1.165, 1.54) is 25.7 Å². The minimum absolute atomic E-state index is 0.123. The minimum Gasteiger partial charge on any atom is -0.300 e. The van der Waals surface area contributed by atoms with Crippen LogP contribution in [0.15, 0.2) is 0 Å². The van der Waals surface area contributed by atoms with Crippen LogP contribution < -0.4 is 0 Å². The molecule has 0 aromatic rings. The van der Waals surface area contributed by atoms with Gasteiger partial charge in [0.05, 0.1) is 7.85 Å². The molecule has 2 heteroatoms. The fraction of sp³-hybridized carbons (Fsp3) is 1.00. The summed E-state index contributed by atoms with van der Waals surface area (Å²) in [6.45, 7) is 2.20. The molecule has 11 heavy (non-hydrogen) atoms. The summed E-state index contributed by atoms with van der Waals surface area (Å²) in [6, 6.07) is 1.56. The average Bonchev–Trinajstić information content (AvgIpc) is 2.19. The monoisotopic (exact) mass is 149 g/mol. The summed E-state index contributed by atoms with van der Waals surface area (Å²) >= 11 is 0. The fourth-order valence-electron chi connectivity index (χ4n) is 2.74. The van der Waals surface area contributed by atoms with Gasteiger partial charge in [0.2, 0.25) is 0 Å². The van der Waals surface area contributed by atoms with Crippen molar-refractivity contribution in [3.8, 4) is 0 Å². The Morgan fingerprint density at radius 1 is 1.27 bits per heavy atom. The first-order valence-corrected chi connectivity index (χ1v) is 4.59. The summed E-state index contributed by atoms with van der Waals surface area (Å²) in [5, 5.41) is 0.123. The summed E-state index contributed by atoms with van der Waals surface area (Å²) < 4.78 is 0. The zero-order chi connectivity index (χ0) is 8.06. The first kappa shape index (κ1) is 7.66. The Bertz CT molecular complexity index is 151. The zero-order valence-electron chi connectivity index (χ0n) is 7.51. The van der Waals surface area contributed by atoms with Gasteiger partial charge in [0.1, 0.15) is 0 Å². The molecule has 0 aromatic carbocycles. The number of piperidine rings is 1. The van der Waals surface area contributed by atoms with Gasteiger partial charge in [0.15, 0.2) is 0 Å². The normalized spacial score (nSPS) is 51.5. The van der Waals surface area contributed by atoms with E-state index in [-0.39, 0.29) is 5.31 Å². The molecule has 60 valence electrons. The predicted molar refractivity (Wildman–Crippen MR) is 47.9 cm³/mol. The second-order valence-electron chi connectivity index (χ2n) is 4.61. The van der Waals surface area contributed by atoms with Gasteiger partial charge in [-0.3, -0.25) is 0 Å². The molecule has 0 N–H and O–H groups in total. The van der Waals surface area contributed by atoms with E-state index in [0.29, 0.717) is 0 Å². The standard InChI is InChI=1S/C9H16BN/c1-9(10)5-7-3-4-8(6-9)11(7)2/h7-8H,3-6H2,1-2H3. The lowest BCUT2D eigenvalue weighted by molar-refractivity contribution is 0.149. The van der Waals surface area contributed by atoms with Crippen LogP contribution in [-0.4, -0.2) is 31.9 Å². The van der Waals surface area contributed by atoms with Gasteiger partial charge in [-0.15, -0.1) is 0 Å². The molecule has 2 saturated heterocycles. The lowest BCUT2D eigenvalue weighted by Gasteiger charge is -2.41. The molecule has 0 aliphatic carbocycles. The van der Waals surface area contributed by atoms with E-state index < -0.39 is 0 Å². The minimum atomic E-state index is 0.123. The predicted octanol–water partition coefficient (Wildman–Crippen LogP) is 1.59. The van der Waals surface area contributed by atoms with Crippen molar-refractivity contribution in [2.24, 2.45) is 0 Å². The molecule has 2 rings (SSSR count). The summed E-state index contributed by atoms with van der Waals surface area (Å²) in [4.78, 5) is 2.52. The molecule has 2 radical (unpaired) electrons. The molecule has 0 aromatic heterocycles. The molecule has 2 heterocycles. The van der Waals surface area contributed by atoms with Crippen LogP contribution in [0.2, 0.25) is 5.31 Å². The van der Waals surface area contributed by atoms with Crippen molar-refractivity contribution in [2.45, 2.75) is 50.0 Å². The highest BCUT2D eigenvalue weighted by Crippen LogP contribution is 2.46. The third-order valence-electron chi connectivity index (χ3n) is 3.39. The van der Waals surface area contributed by atoms with Crippen LogP contribution in [0.25, 0.3) is 0 Å². The third kappa shape index (κ3) is 1.22. The van der Waals surface area contributed by atoms with Gasteiger partial charge in [-0.1, -0.05) is 12.2 Å². The third-order valence-corrected chi connectivity index (χ3v) is 3.39. The van der Waals surface area contributed by atoms with Crippen LogP contribution >= 0.6 is 0 Å². The fourth-order valence-corrected chi connectivity index (χ4v) is 2.74. The molecule has 2 atom stereocenters. The molecular formula is C9H16BN. The molecule has 0 spiro atoms. The smallest absolute Gasteiger partial charge is 0.0744 e. The summed E-state index contributed by atoms with van der Waals surface area (Å²) in [6.07, 6.45) is 5.13. The van der Waals surface area contributed by atoms with E-state index in [1.54, 1.807) is 0 Å². The second kappa shape index (κ2) is 2.26. The summed E-state index contributed by atoms with van der Waals surface area (Å²) in [5.74, 6) is 0. The van der Waals surface area contributed by atoms with E-state index in [0.717, 1.165) is 12.1 Å². The molecule has 1 nitrogen and oxygen atoms in total. The number of hydrogen-bond acceptors (Lipinski definition) is 1. The van der Waals surface area contributed by atoms with Gasteiger partial charge >= 0.3 is 0 Å². The van der Waals surface area contributed by atoms with Crippen molar-refractivity contribution in [3.63, 3.8) is 0 Å². The van der Waals surface area contributed by atoms with Gasteiger partial charge in [0, 0.05) is 12.1 Å². The van der Waals surface area contributed by atoms with Crippen molar-refractivity contribution < 1.29 is 0 Å². The Hall–Kier alpha value is 0.0249. The lowest BCUT2D eigenvalue weighted by atomic mass is 9.62. The molecule has 2 aliphatic rings. The van der Waals surface area contributed by atoms with E-state index in [4.69, 9.17) is 7.85 Å². The van der Waals surface area contributed by atoms with E-state index in [1.807, 2.05) is 0 Å². The topological polar surface area (TPSA) is 3.24 Å².